The Balaban J connectivity index is 1.93. The molecule has 0 amide bonds. The molecule has 1 aliphatic heterocycles. The van der Waals surface area contributed by atoms with Crippen LogP contribution in [0.4, 0.5) is 5.69 Å². The SMILES string of the molecule is CCC(C)OC(=O)CC1COc2ccc(N)cc2C1. The Morgan fingerprint density at radius 3 is 3.11 bits per heavy atom. The van der Waals surface area contributed by atoms with Gasteiger partial charge in [-0.3, -0.25) is 4.79 Å². The lowest BCUT2D eigenvalue weighted by Gasteiger charge is -2.25. The summed E-state index contributed by atoms with van der Waals surface area (Å²) in [7, 11) is 0. The van der Waals surface area contributed by atoms with E-state index >= 15 is 0 Å². The molecule has 1 aromatic rings. The summed E-state index contributed by atoms with van der Waals surface area (Å²) in [6, 6.07) is 5.64. The summed E-state index contributed by atoms with van der Waals surface area (Å²) < 4.78 is 11.0. The number of carbonyl (C=O) groups is 1. The lowest BCUT2D eigenvalue weighted by atomic mass is 9.94. The van der Waals surface area contributed by atoms with Gasteiger partial charge in [-0.1, -0.05) is 6.92 Å². The first kappa shape index (κ1) is 13.7. The molecule has 4 heteroatoms. The number of benzene rings is 1. The maximum absolute atomic E-state index is 11.8. The third-order valence-electron chi connectivity index (χ3n) is 3.43. The Bertz CT molecular complexity index is 459. The lowest BCUT2D eigenvalue weighted by Crippen LogP contribution is -2.25. The van der Waals surface area contributed by atoms with Crippen LogP contribution in [-0.2, 0) is 16.0 Å². The second-order valence-corrected chi connectivity index (χ2v) is 5.16. The molecular formula is C15H21NO3. The van der Waals surface area contributed by atoms with Gasteiger partial charge in [-0.2, -0.15) is 0 Å². The van der Waals surface area contributed by atoms with E-state index < -0.39 is 0 Å². The van der Waals surface area contributed by atoms with Gasteiger partial charge >= 0.3 is 5.97 Å². The van der Waals surface area contributed by atoms with E-state index in [1.807, 2.05) is 32.0 Å². The topological polar surface area (TPSA) is 61.5 Å². The average molecular weight is 263 g/mol. The first-order valence-electron chi connectivity index (χ1n) is 6.79. The summed E-state index contributed by atoms with van der Waals surface area (Å²) >= 11 is 0. The number of nitrogens with two attached hydrogens (primary N) is 1. The third-order valence-corrected chi connectivity index (χ3v) is 3.43. The van der Waals surface area contributed by atoms with Gasteiger partial charge in [0.2, 0.25) is 0 Å². The van der Waals surface area contributed by atoms with E-state index in [0.29, 0.717) is 13.0 Å². The van der Waals surface area contributed by atoms with E-state index in [2.05, 4.69) is 0 Å². The maximum atomic E-state index is 11.8. The van der Waals surface area contributed by atoms with Crippen molar-refractivity contribution in [2.45, 2.75) is 39.2 Å². The number of carbonyl (C=O) groups excluding carboxylic acids is 1. The van der Waals surface area contributed by atoms with Crippen LogP contribution >= 0.6 is 0 Å². The molecule has 0 aliphatic carbocycles. The Morgan fingerprint density at radius 1 is 1.58 bits per heavy atom. The smallest absolute Gasteiger partial charge is 0.306 e. The van der Waals surface area contributed by atoms with Crippen molar-refractivity contribution in [1.82, 2.24) is 0 Å². The Morgan fingerprint density at radius 2 is 2.37 bits per heavy atom. The van der Waals surface area contributed by atoms with Gasteiger partial charge in [0.25, 0.3) is 0 Å². The van der Waals surface area contributed by atoms with E-state index in [4.69, 9.17) is 15.2 Å². The van der Waals surface area contributed by atoms with Gasteiger partial charge < -0.3 is 15.2 Å². The van der Waals surface area contributed by atoms with Gasteiger partial charge in [0.05, 0.1) is 19.1 Å². The first-order chi connectivity index (χ1) is 9.08. The van der Waals surface area contributed by atoms with Gasteiger partial charge in [0, 0.05) is 11.6 Å². The Kier molecular flexibility index (Phi) is 4.30. The van der Waals surface area contributed by atoms with Crippen molar-refractivity contribution < 1.29 is 14.3 Å². The van der Waals surface area contributed by atoms with Crippen molar-refractivity contribution in [3.05, 3.63) is 23.8 Å². The number of fused-ring (bicyclic) bond motifs is 1. The Hall–Kier alpha value is -1.71. The molecule has 1 aliphatic rings. The number of ether oxygens (including phenoxy) is 2. The molecule has 0 spiro atoms. The maximum Gasteiger partial charge on any atom is 0.306 e. The number of esters is 1. The predicted molar refractivity (Wildman–Crippen MR) is 74.0 cm³/mol. The minimum atomic E-state index is -0.143. The number of hydrogen-bond donors (Lipinski definition) is 1. The highest BCUT2D eigenvalue weighted by molar-refractivity contribution is 5.70. The van der Waals surface area contributed by atoms with Gasteiger partial charge in [0.1, 0.15) is 5.75 Å². The van der Waals surface area contributed by atoms with Crippen LogP contribution in [0.1, 0.15) is 32.3 Å². The molecule has 4 nitrogen and oxygen atoms in total. The van der Waals surface area contributed by atoms with Gasteiger partial charge in [-0.05, 0) is 43.5 Å². The van der Waals surface area contributed by atoms with Crippen LogP contribution in [0, 0.1) is 5.92 Å². The molecule has 2 unspecified atom stereocenters. The molecule has 1 aromatic carbocycles. The van der Waals surface area contributed by atoms with Crippen LogP contribution < -0.4 is 10.5 Å². The zero-order valence-corrected chi connectivity index (χ0v) is 11.5. The summed E-state index contributed by atoms with van der Waals surface area (Å²) in [6.45, 7) is 4.47. The van der Waals surface area contributed by atoms with Crippen LogP contribution in [0.3, 0.4) is 0 Å². The summed E-state index contributed by atoms with van der Waals surface area (Å²) in [6.07, 6.45) is 2.04. The minimum Gasteiger partial charge on any atom is -0.493 e. The van der Waals surface area contributed by atoms with Gasteiger partial charge in [-0.25, -0.2) is 0 Å². The molecule has 2 rings (SSSR count). The van der Waals surface area contributed by atoms with E-state index in [1.165, 1.54) is 0 Å². The molecule has 104 valence electrons. The lowest BCUT2D eigenvalue weighted by molar-refractivity contribution is -0.149. The second kappa shape index (κ2) is 5.95. The molecule has 2 N–H and O–H groups in total. The minimum absolute atomic E-state index is 0.0139. The molecule has 0 saturated carbocycles. The van der Waals surface area contributed by atoms with Gasteiger partial charge in [-0.15, -0.1) is 0 Å². The first-order valence-corrected chi connectivity index (χ1v) is 6.79. The van der Waals surface area contributed by atoms with Crippen LogP contribution in [0.15, 0.2) is 18.2 Å². The number of rotatable bonds is 4. The summed E-state index contributed by atoms with van der Waals surface area (Å²) in [5.74, 6) is 0.905. The zero-order chi connectivity index (χ0) is 13.8. The average Bonchev–Trinajstić information content (AvgIpc) is 2.37. The van der Waals surface area contributed by atoms with Crippen molar-refractivity contribution >= 4 is 11.7 Å². The highest BCUT2D eigenvalue weighted by Crippen LogP contribution is 2.30. The highest BCUT2D eigenvalue weighted by Gasteiger charge is 2.23. The summed E-state index contributed by atoms with van der Waals surface area (Å²) in [5.41, 5.74) is 7.57. The largest absolute Gasteiger partial charge is 0.493 e. The van der Waals surface area contributed by atoms with Crippen molar-refractivity contribution in [3.8, 4) is 5.75 Å². The van der Waals surface area contributed by atoms with Crippen molar-refractivity contribution in [2.24, 2.45) is 5.92 Å². The van der Waals surface area contributed by atoms with Crippen molar-refractivity contribution in [2.75, 3.05) is 12.3 Å². The van der Waals surface area contributed by atoms with Crippen molar-refractivity contribution in [3.63, 3.8) is 0 Å². The van der Waals surface area contributed by atoms with E-state index in [-0.39, 0.29) is 18.0 Å². The van der Waals surface area contributed by atoms with Crippen LogP contribution in [0.5, 0.6) is 5.75 Å². The molecular weight excluding hydrogens is 242 g/mol. The second-order valence-electron chi connectivity index (χ2n) is 5.16. The highest BCUT2D eigenvalue weighted by atomic mass is 16.5. The fourth-order valence-corrected chi connectivity index (χ4v) is 2.20. The molecule has 19 heavy (non-hydrogen) atoms. The summed E-state index contributed by atoms with van der Waals surface area (Å²) in [4.78, 5) is 11.8. The van der Waals surface area contributed by atoms with E-state index in [9.17, 15) is 4.79 Å². The Labute approximate surface area is 113 Å². The molecule has 0 saturated heterocycles. The predicted octanol–water partition coefficient (Wildman–Crippen LogP) is 2.55. The molecule has 2 atom stereocenters. The monoisotopic (exact) mass is 263 g/mol. The molecule has 0 aromatic heterocycles. The molecule has 0 bridgehead atoms. The molecule has 0 fully saturated rings. The van der Waals surface area contributed by atoms with Crippen LogP contribution in [0.2, 0.25) is 0 Å². The van der Waals surface area contributed by atoms with E-state index in [1.54, 1.807) is 0 Å². The fraction of sp³-hybridized carbons (Fsp3) is 0.533. The van der Waals surface area contributed by atoms with Crippen molar-refractivity contribution in [1.29, 1.82) is 0 Å². The fourth-order valence-electron chi connectivity index (χ4n) is 2.20. The quantitative estimate of drug-likeness (QED) is 0.670. The standard InChI is InChI=1S/C15H21NO3/c1-3-10(2)19-15(17)7-11-6-12-8-13(16)4-5-14(12)18-9-11/h4-5,8,10-11H,3,6-7,9,16H2,1-2H3. The molecule has 1 heterocycles. The zero-order valence-electron chi connectivity index (χ0n) is 11.5. The number of nitrogen functional groups attached to an aromatic ring is 1. The number of hydrogen-bond acceptors (Lipinski definition) is 4. The van der Waals surface area contributed by atoms with Crippen LogP contribution in [0.25, 0.3) is 0 Å². The van der Waals surface area contributed by atoms with E-state index in [0.717, 1.165) is 29.8 Å². The third kappa shape index (κ3) is 3.63. The normalized spacial score (nSPS) is 19.2. The van der Waals surface area contributed by atoms with Gasteiger partial charge in [0.15, 0.2) is 0 Å². The van der Waals surface area contributed by atoms with Crippen LogP contribution in [-0.4, -0.2) is 18.7 Å². The summed E-state index contributed by atoms with van der Waals surface area (Å²) in [5, 5.41) is 0. The molecule has 0 radical (unpaired) electrons. The number of anilines is 1.